The molecule has 1 heterocycles. The zero-order chi connectivity index (χ0) is 22.5. The van der Waals surface area contributed by atoms with Gasteiger partial charge in [-0.15, -0.1) is 5.01 Å². The van der Waals surface area contributed by atoms with Gasteiger partial charge in [0, 0.05) is 5.10 Å². The highest BCUT2D eigenvalue weighted by atomic mass is 16.3. The van der Waals surface area contributed by atoms with Crippen LogP contribution in [0.1, 0.15) is 17.2 Å². The molecule has 0 fully saturated rings. The van der Waals surface area contributed by atoms with Crippen LogP contribution in [-0.2, 0) is 0 Å². The van der Waals surface area contributed by atoms with Crippen molar-refractivity contribution in [3.05, 3.63) is 137 Å². The van der Waals surface area contributed by atoms with Crippen LogP contribution in [0.4, 0.5) is 11.4 Å². The topological polar surface area (TPSA) is 63.0 Å². The summed E-state index contributed by atoms with van der Waals surface area (Å²) in [6.07, 6.45) is 0. The molecule has 0 saturated heterocycles. The number of rotatable bonds is 6. The van der Waals surface area contributed by atoms with Crippen molar-refractivity contribution in [2.24, 2.45) is 5.10 Å². The molecule has 0 atom stereocenters. The summed E-state index contributed by atoms with van der Waals surface area (Å²) in [5.41, 5.74) is 9.83. The molecule has 4 aromatic carbocycles. The van der Waals surface area contributed by atoms with E-state index in [0.29, 0.717) is 4.87 Å². The first-order valence-corrected chi connectivity index (χ1v) is 10.7. The standard InChI is InChI=1S/C26H23N6O/c33-32(27-25(21-13-5-1-6-14-21)22-15-7-2-8-16-22)26-28-31(24-19-11-4-12-20-24)29-30(26)23-17-9-3-10-18-23/h1-20,25,29H,(H,27,33)/q+1. The van der Waals surface area contributed by atoms with E-state index >= 15 is 0 Å². The van der Waals surface area contributed by atoms with Crippen LogP contribution in [0.25, 0.3) is 0 Å². The van der Waals surface area contributed by atoms with Crippen LogP contribution in [0.5, 0.6) is 0 Å². The summed E-state index contributed by atoms with van der Waals surface area (Å²) >= 11 is 0. The highest BCUT2D eigenvalue weighted by Crippen LogP contribution is 2.24. The molecule has 0 aromatic heterocycles. The second-order valence-electron chi connectivity index (χ2n) is 7.50. The van der Waals surface area contributed by atoms with Crippen molar-refractivity contribution in [2.75, 3.05) is 10.1 Å². The van der Waals surface area contributed by atoms with Crippen molar-refractivity contribution in [3.63, 3.8) is 0 Å². The molecule has 0 saturated carbocycles. The zero-order valence-corrected chi connectivity index (χ0v) is 17.8. The number of nitrogens with zero attached hydrogens (tertiary/aromatic N) is 4. The zero-order valence-electron chi connectivity index (χ0n) is 17.8. The Morgan fingerprint density at radius 2 is 1.12 bits per heavy atom. The smallest absolute Gasteiger partial charge is 0.228 e. The normalized spacial score (nSPS) is 13.2. The Labute approximate surface area is 192 Å². The van der Waals surface area contributed by atoms with E-state index in [1.165, 1.54) is 0 Å². The molecule has 7 heteroatoms. The van der Waals surface area contributed by atoms with Gasteiger partial charge in [-0.3, -0.25) is 0 Å². The van der Waals surface area contributed by atoms with Gasteiger partial charge in [-0.2, -0.15) is 0 Å². The number of benzene rings is 4. The Hall–Kier alpha value is -4.49. The second-order valence-corrected chi connectivity index (χ2v) is 7.50. The third-order valence-corrected chi connectivity index (χ3v) is 5.29. The predicted octanol–water partition coefficient (Wildman–Crippen LogP) is 4.78. The first-order valence-electron chi connectivity index (χ1n) is 10.7. The van der Waals surface area contributed by atoms with Gasteiger partial charge in [0.1, 0.15) is 11.7 Å². The van der Waals surface area contributed by atoms with Crippen LogP contribution in [0.15, 0.2) is 126 Å². The number of hydrogen-bond donors (Lipinski definition) is 2. The van der Waals surface area contributed by atoms with Crippen molar-refractivity contribution >= 4 is 17.3 Å². The van der Waals surface area contributed by atoms with Gasteiger partial charge in [0.15, 0.2) is 0 Å². The molecular formula is C26H23N6O+. The highest BCUT2D eigenvalue weighted by Gasteiger charge is 2.40. The van der Waals surface area contributed by atoms with E-state index in [1.807, 2.05) is 121 Å². The summed E-state index contributed by atoms with van der Waals surface area (Å²) in [5, 5.41) is 7.80. The minimum Gasteiger partial charge on any atom is -0.228 e. The summed E-state index contributed by atoms with van der Waals surface area (Å²) in [7, 11) is 0. The Kier molecular flexibility index (Phi) is 5.77. The number of guanidine groups is 1. The van der Waals surface area contributed by atoms with Gasteiger partial charge < -0.3 is 0 Å². The molecule has 2 N–H and O–H groups in total. The number of para-hydroxylation sites is 2. The van der Waals surface area contributed by atoms with Gasteiger partial charge in [0.25, 0.3) is 0 Å². The summed E-state index contributed by atoms with van der Waals surface area (Å²) in [5.74, 6) is 0.168. The van der Waals surface area contributed by atoms with Crippen LogP contribution in [-0.4, -0.2) is 10.8 Å². The van der Waals surface area contributed by atoms with Crippen molar-refractivity contribution in [1.29, 1.82) is 0 Å². The average molecular weight is 436 g/mol. The SMILES string of the molecule is O=[N+](NC(c1ccccc1)c1ccccc1)C1=NN(c2ccccc2)NN1c1ccccc1. The molecule has 4 aromatic rings. The molecule has 1 aliphatic rings. The number of anilines is 2. The quantitative estimate of drug-likeness (QED) is 0.337. The maximum absolute atomic E-state index is 13.5. The molecule has 5 rings (SSSR count). The van der Waals surface area contributed by atoms with Crippen molar-refractivity contribution in [1.82, 2.24) is 11.0 Å². The summed E-state index contributed by atoms with van der Waals surface area (Å²) in [6.45, 7) is 0. The minimum atomic E-state index is -0.351. The highest BCUT2D eigenvalue weighted by molar-refractivity contribution is 5.91. The number of nitrogens with one attached hydrogen (secondary N) is 2. The van der Waals surface area contributed by atoms with Crippen molar-refractivity contribution in [3.8, 4) is 0 Å². The van der Waals surface area contributed by atoms with E-state index in [2.05, 4.69) is 16.1 Å². The van der Waals surface area contributed by atoms with Crippen LogP contribution in [0.2, 0.25) is 0 Å². The fraction of sp³-hybridized carbons (Fsp3) is 0.0385. The summed E-state index contributed by atoms with van der Waals surface area (Å²) in [4.78, 5) is 14.2. The number of hydrazine groups is 3. The van der Waals surface area contributed by atoms with Crippen molar-refractivity contribution < 1.29 is 4.87 Å². The lowest BCUT2D eigenvalue weighted by molar-refractivity contribution is -0.507. The fourth-order valence-electron chi connectivity index (χ4n) is 3.67. The molecule has 0 unspecified atom stereocenters. The second kappa shape index (κ2) is 9.33. The Balaban J connectivity index is 1.49. The van der Waals surface area contributed by atoms with Crippen LogP contribution in [0, 0.1) is 4.91 Å². The monoisotopic (exact) mass is 435 g/mol. The number of hydrazone groups is 1. The third-order valence-electron chi connectivity index (χ3n) is 5.29. The maximum atomic E-state index is 13.5. The molecule has 0 radical (unpaired) electrons. The van der Waals surface area contributed by atoms with Crippen LogP contribution < -0.4 is 21.1 Å². The van der Waals surface area contributed by atoms with E-state index in [4.69, 9.17) is 0 Å². The molecule has 7 nitrogen and oxygen atoms in total. The summed E-state index contributed by atoms with van der Waals surface area (Å²) in [6, 6.07) is 38.6. The van der Waals surface area contributed by atoms with E-state index in [0.717, 1.165) is 22.5 Å². The molecule has 33 heavy (non-hydrogen) atoms. The van der Waals surface area contributed by atoms with Gasteiger partial charge in [0.05, 0.1) is 10.6 Å². The fourth-order valence-corrected chi connectivity index (χ4v) is 3.67. The van der Waals surface area contributed by atoms with Gasteiger partial charge >= 0.3 is 5.96 Å². The van der Waals surface area contributed by atoms with Gasteiger partial charge in [-0.1, -0.05) is 113 Å². The third kappa shape index (κ3) is 4.44. The van der Waals surface area contributed by atoms with Gasteiger partial charge in [-0.25, -0.2) is 5.43 Å². The van der Waals surface area contributed by atoms with E-state index < -0.39 is 0 Å². The Bertz CT molecular complexity index is 1190. The van der Waals surface area contributed by atoms with E-state index in [-0.39, 0.29) is 12.0 Å². The van der Waals surface area contributed by atoms with Gasteiger partial charge in [0.2, 0.25) is 0 Å². The first-order chi connectivity index (χ1) is 16.3. The van der Waals surface area contributed by atoms with Crippen LogP contribution >= 0.6 is 0 Å². The number of hydrogen-bond acceptors (Lipinski definition) is 5. The molecule has 0 amide bonds. The molecule has 1 aliphatic heterocycles. The first kappa shape index (κ1) is 20.4. The Morgan fingerprint density at radius 1 is 0.667 bits per heavy atom. The molecule has 0 spiro atoms. The lowest BCUT2D eigenvalue weighted by atomic mass is 9.99. The van der Waals surface area contributed by atoms with Crippen molar-refractivity contribution in [2.45, 2.75) is 6.04 Å². The molecule has 0 aliphatic carbocycles. The average Bonchev–Trinajstić information content (AvgIpc) is 3.35. The largest absolute Gasteiger partial charge is 0.499 e. The summed E-state index contributed by atoms with van der Waals surface area (Å²) < 4.78 is 0. The Morgan fingerprint density at radius 3 is 1.64 bits per heavy atom. The molecule has 162 valence electrons. The maximum Gasteiger partial charge on any atom is 0.499 e. The molecular weight excluding hydrogens is 412 g/mol. The van der Waals surface area contributed by atoms with E-state index in [9.17, 15) is 4.91 Å². The van der Waals surface area contributed by atoms with E-state index in [1.54, 1.807) is 10.1 Å². The minimum absolute atomic E-state index is 0.168. The lowest BCUT2D eigenvalue weighted by Crippen LogP contribution is -2.49. The lowest BCUT2D eigenvalue weighted by Gasteiger charge is -2.19. The van der Waals surface area contributed by atoms with Gasteiger partial charge in [-0.05, 0) is 35.4 Å². The van der Waals surface area contributed by atoms with Crippen LogP contribution in [0.3, 0.4) is 0 Å². The predicted molar refractivity (Wildman–Crippen MR) is 130 cm³/mol. The number of nitroso groups, excluding NO2 is 1. The molecule has 0 bridgehead atoms.